The summed E-state index contributed by atoms with van der Waals surface area (Å²) >= 11 is 12.5. The summed E-state index contributed by atoms with van der Waals surface area (Å²) in [6.45, 7) is 0. The number of hydrogen-bond acceptors (Lipinski definition) is 1. The molecule has 4 rings (SSSR count). The van der Waals surface area contributed by atoms with Gasteiger partial charge in [0, 0.05) is 34.1 Å². The first-order valence-electron chi connectivity index (χ1n) is 7.88. The first-order valence-corrected chi connectivity index (χ1v) is 8.63. The highest BCUT2D eigenvalue weighted by Crippen LogP contribution is 2.36. The van der Waals surface area contributed by atoms with Gasteiger partial charge in [-0.2, -0.15) is 0 Å². The molecule has 1 atom stereocenters. The number of benzene rings is 1. The molecular formula is C17H18Cl2N2O. The van der Waals surface area contributed by atoms with Crippen LogP contribution in [0.1, 0.15) is 36.9 Å². The van der Waals surface area contributed by atoms with E-state index in [-0.39, 0.29) is 11.9 Å². The van der Waals surface area contributed by atoms with Gasteiger partial charge in [-0.15, -0.1) is 0 Å². The summed E-state index contributed by atoms with van der Waals surface area (Å²) in [5, 5.41) is 5.58. The lowest BCUT2D eigenvalue weighted by atomic mass is 9.91. The Bertz CT molecular complexity index is 749. The third-order valence-corrected chi connectivity index (χ3v) is 5.25. The smallest absolute Gasteiger partial charge is 0.220 e. The van der Waals surface area contributed by atoms with Crippen molar-refractivity contribution in [3.63, 3.8) is 0 Å². The van der Waals surface area contributed by atoms with E-state index in [1.165, 1.54) is 24.1 Å². The van der Waals surface area contributed by atoms with Crippen molar-refractivity contribution in [3.8, 4) is 0 Å². The molecule has 2 N–H and O–H groups in total. The normalized spacial score (nSPS) is 20.9. The van der Waals surface area contributed by atoms with Crippen molar-refractivity contribution in [2.45, 2.75) is 44.6 Å². The molecule has 0 radical (unpaired) electrons. The number of aryl methyl sites for hydroxylation is 1. The molecule has 2 aliphatic carbocycles. The van der Waals surface area contributed by atoms with Crippen LogP contribution in [0.5, 0.6) is 0 Å². The number of hydrogen-bond donors (Lipinski definition) is 2. The summed E-state index contributed by atoms with van der Waals surface area (Å²) in [4.78, 5) is 15.5. The van der Waals surface area contributed by atoms with E-state index in [1.54, 1.807) is 6.07 Å². The van der Waals surface area contributed by atoms with Gasteiger partial charge in [0.2, 0.25) is 5.91 Å². The number of halogens is 2. The minimum absolute atomic E-state index is 0.199. The predicted molar refractivity (Wildman–Crippen MR) is 89.6 cm³/mol. The quantitative estimate of drug-likeness (QED) is 0.864. The van der Waals surface area contributed by atoms with E-state index in [4.69, 9.17) is 23.2 Å². The monoisotopic (exact) mass is 336 g/mol. The Balaban J connectivity index is 1.58. The average molecular weight is 337 g/mol. The van der Waals surface area contributed by atoms with Crippen molar-refractivity contribution in [1.29, 1.82) is 0 Å². The van der Waals surface area contributed by atoms with Crippen LogP contribution in [0.3, 0.4) is 0 Å². The zero-order chi connectivity index (χ0) is 15.3. The molecule has 2 aliphatic rings. The lowest BCUT2D eigenvalue weighted by Gasteiger charge is -2.23. The third kappa shape index (κ3) is 2.72. The first kappa shape index (κ1) is 14.4. The number of amides is 1. The van der Waals surface area contributed by atoms with E-state index in [0.717, 1.165) is 30.2 Å². The number of aromatic nitrogens is 1. The second-order valence-corrected chi connectivity index (χ2v) is 7.39. The zero-order valence-electron chi connectivity index (χ0n) is 12.2. The van der Waals surface area contributed by atoms with E-state index in [0.29, 0.717) is 22.4 Å². The van der Waals surface area contributed by atoms with Crippen LogP contribution < -0.4 is 5.32 Å². The summed E-state index contributed by atoms with van der Waals surface area (Å²) in [5.74, 6) is 0.828. The van der Waals surface area contributed by atoms with Crippen molar-refractivity contribution in [2.75, 3.05) is 0 Å². The fourth-order valence-corrected chi connectivity index (χ4v) is 4.07. The Hall–Kier alpha value is -1.19. The number of carbonyl (C=O) groups is 1. The molecular weight excluding hydrogens is 319 g/mol. The van der Waals surface area contributed by atoms with Gasteiger partial charge in [-0.1, -0.05) is 23.2 Å². The summed E-state index contributed by atoms with van der Waals surface area (Å²) in [6.07, 6.45) is 5.86. The molecule has 0 unspecified atom stereocenters. The largest absolute Gasteiger partial charge is 0.358 e. The van der Waals surface area contributed by atoms with Gasteiger partial charge in [0.05, 0.1) is 5.02 Å². The van der Waals surface area contributed by atoms with Gasteiger partial charge in [-0.25, -0.2) is 0 Å². The van der Waals surface area contributed by atoms with Gasteiger partial charge >= 0.3 is 0 Å². The number of rotatable bonds is 3. The van der Waals surface area contributed by atoms with Crippen LogP contribution in [0.15, 0.2) is 12.1 Å². The number of aromatic amines is 1. The fraction of sp³-hybridized carbons (Fsp3) is 0.471. The third-order valence-electron chi connectivity index (χ3n) is 4.74. The number of carbonyl (C=O) groups excluding carboxylic acids is 1. The molecule has 0 saturated heterocycles. The molecule has 1 heterocycles. The SMILES string of the molecule is O=C(CC1CC1)N[C@H]1CCc2[nH]c3cc(Cl)cc(Cl)c3c2C1. The maximum atomic E-state index is 12.0. The Labute approximate surface area is 139 Å². The van der Waals surface area contributed by atoms with Crippen LogP contribution in [0.2, 0.25) is 10.0 Å². The van der Waals surface area contributed by atoms with Crippen LogP contribution in [-0.2, 0) is 17.6 Å². The number of H-pyrrole nitrogens is 1. The summed E-state index contributed by atoms with van der Waals surface area (Å²) < 4.78 is 0. The Morgan fingerprint density at radius 3 is 2.86 bits per heavy atom. The highest BCUT2D eigenvalue weighted by atomic mass is 35.5. The second-order valence-electron chi connectivity index (χ2n) is 6.55. The van der Waals surface area contributed by atoms with E-state index >= 15 is 0 Å². The Kier molecular flexibility index (Phi) is 3.58. The molecule has 3 nitrogen and oxygen atoms in total. The van der Waals surface area contributed by atoms with Gasteiger partial charge in [0.25, 0.3) is 0 Å². The highest BCUT2D eigenvalue weighted by molar-refractivity contribution is 6.38. The minimum Gasteiger partial charge on any atom is -0.358 e. The van der Waals surface area contributed by atoms with Gasteiger partial charge in [0.1, 0.15) is 0 Å². The van der Waals surface area contributed by atoms with Crippen LogP contribution in [0, 0.1) is 5.92 Å². The molecule has 2 aromatic rings. The lowest BCUT2D eigenvalue weighted by Crippen LogP contribution is -2.38. The van der Waals surface area contributed by atoms with Crippen molar-refractivity contribution in [1.82, 2.24) is 10.3 Å². The Morgan fingerprint density at radius 1 is 1.27 bits per heavy atom. The summed E-state index contributed by atoms with van der Waals surface area (Å²) in [6, 6.07) is 3.92. The van der Waals surface area contributed by atoms with Crippen molar-refractivity contribution in [2.24, 2.45) is 5.92 Å². The predicted octanol–water partition coefficient (Wildman–Crippen LogP) is 4.25. The molecule has 1 saturated carbocycles. The fourth-order valence-electron chi connectivity index (χ4n) is 3.47. The minimum atomic E-state index is 0.199. The molecule has 1 aromatic heterocycles. The first-order chi connectivity index (χ1) is 10.6. The summed E-state index contributed by atoms with van der Waals surface area (Å²) in [7, 11) is 0. The molecule has 5 heteroatoms. The average Bonchev–Trinajstić information content (AvgIpc) is 3.16. The lowest BCUT2D eigenvalue weighted by molar-refractivity contribution is -0.122. The van der Waals surface area contributed by atoms with Crippen molar-refractivity contribution in [3.05, 3.63) is 33.4 Å². The maximum Gasteiger partial charge on any atom is 0.220 e. The maximum absolute atomic E-state index is 12.0. The van der Waals surface area contributed by atoms with E-state index < -0.39 is 0 Å². The molecule has 0 aliphatic heterocycles. The molecule has 0 spiro atoms. The topological polar surface area (TPSA) is 44.9 Å². The molecule has 1 amide bonds. The van der Waals surface area contributed by atoms with Gasteiger partial charge in [-0.05, 0) is 55.7 Å². The van der Waals surface area contributed by atoms with Crippen LogP contribution in [0.4, 0.5) is 0 Å². The summed E-state index contributed by atoms with van der Waals surface area (Å²) in [5.41, 5.74) is 3.46. The van der Waals surface area contributed by atoms with E-state index in [1.807, 2.05) is 6.07 Å². The van der Waals surface area contributed by atoms with Crippen LogP contribution in [0.25, 0.3) is 10.9 Å². The number of fused-ring (bicyclic) bond motifs is 3. The Morgan fingerprint density at radius 2 is 2.09 bits per heavy atom. The van der Waals surface area contributed by atoms with E-state index in [2.05, 4.69) is 10.3 Å². The zero-order valence-corrected chi connectivity index (χ0v) is 13.7. The molecule has 0 bridgehead atoms. The van der Waals surface area contributed by atoms with E-state index in [9.17, 15) is 4.79 Å². The molecule has 1 fully saturated rings. The molecule has 22 heavy (non-hydrogen) atoms. The van der Waals surface area contributed by atoms with Crippen LogP contribution in [-0.4, -0.2) is 16.9 Å². The highest BCUT2D eigenvalue weighted by Gasteiger charge is 2.28. The van der Waals surface area contributed by atoms with Crippen molar-refractivity contribution < 1.29 is 4.79 Å². The standard InChI is InChI=1S/C17H18Cl2N2O/c18-10-6-13(19)17-12-8-11(20-16(22)5-9-1-2-9)3-4-14(12)21-15(17)7-10/h6-7,9,11,21H,1-5,8H2,(H,20,22)/t11-/m0/s1. The van der Waals surface area contributed by atoms with Gasteiger partial charge in [-0.3, -0.25) is 4.79 Å². The van der Waals surface area contributed by atoms with Crippen LogP contribution >= 0.6 is 23.2 Å². The van der Waals surface area contributed by atoms with Gasteiger partial charge in [0.15, 0.2) is 0 Å². The van der Waals surface area contributed by atoms with Gasteiger partial charge < -0.3 is 10.3 Å². The van der Waals surface area contributed by atoms with Crippen molar-refractivity contribution >= 4 is 40.0 Å². The molecule has 116 valence electrons. The second kappa shape index (κ2) is 5.47. The molecule has 1 aromatic carbocycles. The number of nitrogens with one attached hydrogen (secondary N) is 2.